The second-order valence-electron chi connectivity index (χ2n) is 6.24. The lowest BCUT2D eigenvalue weighted by molar-refractivity contribution is -0.122. The summed E-state index contributed by atoms with van der Waals surface area (Å²) < 4.78 is 0. The molecule has 2 rings (SSSR count). The molecule has 1 heterocycles. The van der Waals surface area contributed by atoms with Crippen LogP contribution >= 0.6 is 11.6 Å². The highest BCUT2D eigenvalue weighted by Crippen LogP contribution is 2.24. The van der Waals surface area contributed by atoms with E-state index in [2.05, 4.69) is 24.5 Å². The van der Waals surface area contributed by atoms with Gasteiger partial charge in [-0.3, -0.25) is 4.79 Å². The van der Waals surface area contributed by atoms with Gasteiger partial charge in [-0.25, -0.2) is 0 Å². The van der Waals surface area contributed by atoms with Gasteiger partial charge in [0.05, 0.1) is 6.04 Å². The van der Waals surface area contributed by atoms with E-state index in [0.29, 0.717) is 18.3 Å². The molecule has 4 heteroatoms. The van der Waals surface area contributed by atoms with Crippen molar-refractivity contribution in [2.45, 2.75) is 39.2 Å². The maximum absolute atomic E-state index is 12.2. The Labute approximate surface area is 132 Å². The highest BCUT2D eigenvalue weighted by Gasteiger charge is 2.20. The summed E-state index contributed by atoms with van der Waals surface area (Å²) >= 11 is 5.93. The minimum Gasteiger partial charge on any atom is -0.349 e. The lowest BCUT2D eigenvalue weighted by Gasteiger charge is -2.23. The maximum Gasteiger partial charge on any atom is 0.220 e. The minimum atomic E-state index is 0.0523. The molecule has 2 unspecified atom stereocenters. The minimum absolute atomic E-state index is 0.0523. The summed E-state index contributed by atoms with van der Waals surface area (Å²) in [5.74, 6) is 1.16. The van der Waals surface area contributed by atoms with Crippen molar-refractivity contribution in [2.24, 2.45) is 11.8 Å². The van der Waals surface area contributed by atoms with Crippen LogP contribution in [0.25, 0.3) is 0 Å². The first-order valence-corrected chi connectivity index (χ1v) is 8.19. The van der Waals surface area contributed by atoms with Crippen LogP contribution in [0, 0.1) is 11.8 Å². The molecule has 1 aromatic carbocycles. The molecule has 1 aliphatic heterocycles. The van der Waals surface area contributed by atoms with E-state index >= 15 is 0 Å². The number of nitrogens with one attached hydrogen (secondary N) is 2. The Balaban J connectivity index is 1.89. The first kappa shape index (κ1) is 16.3. The van der Waals surface area contributed by atoms with Gasteiger partial charge in [0.25, 0.3) is 0 Å². The fourth-order valence-corrected chi connectivity index (χ4v) is 2.97. The number of halogens is 1. The Hall–Kier alpha value is -1.06. The fraction of sp³-hybridized carbons (Fsp3) is 0.588. The summed E-state index contributed by atoms with van der Waals surface area (Å²) in [6, 6.07) is 7.80. The van der Waals surface area contributed by atoms with E-state index in [1.165, 1.54) is 6.42 Å². The van der Waals surface area contributed by atoms with Gasteiger partial charge in [0, 0.05) is 11.4 Å². The van der Waals surface area contributed by atoms with Crippen LogP contribution in [0.1, 0.15) is 44.7 Å². The Morgan fingerprint density at radius 2 is 2.10 bits per heavy atom. The van der Waals surface area contributed by atoms with E-state index in [9.17, 15) is 4.79 Å². The van der Waals surface area contributed by atoms with Crippen molar-refractivity contribution >= 4 is 17.5 Å². The molecule has 1 fully saturated rings. The molecule has 116 valence electrons. The lowest BCUT2D eigenvalue weighted by Crippen LogP contribution is -2.32. The molecule has 2 N–H and O–H groups in total. The molecule has 2 atom stereocenters. The molecular weight excluding hydrogens is 284 g/mol. The topological polar surface area (TPSA) is 41.1 Å². The molecule has 0 bridgehead atoms. The Morgan fingerprint density at radius 1 is 1.38 bits per heavy atom. The summed E-state index contributed by atoms with van der Waals surface area (Å²) in [5, 5.41) is 7.24. The van der Waals surface area contributed by atoms with Crippen molar-refractivity contribution < 1.29 is 4.79 Å². The van der Waals surface area contributed by atoms with Gasteiger partial charge in [0.15, 0.2) is 0 Å². The van der Waals surface area contributed by atoms with Crippen LogP contribution in [-0.4, -0.2) is 19.0 Å². The molecule has 0 aromatic heterocycles. The Bertz CT molecular complexity index is 452. The average molecular weight is 309 g/mol. The lowest BCUT2D eigenvalue weighted by atomic mass is 9.95. The van der Waals surface area contributed by atoms with Crippen molar-refractivity contribution in [1.29, 1.82) is 0 Å². The summed E-state index contributed by atoms with van der Waals surface area (Å²) in [5.41, 5.74) is 1.12. The normalized spacial score (nSPS) is 19.7. The van der Waals surface area contributed by atoms with Gasteiger partial charge >= 0.3 is 0 Å². The standard InChI is InChI=1S/C17H25ClN2O/c1-12(2)17(14-4-6-15(18)7-5-14)20-16(21)8-3-13-9-10-19-11-13/h4-7,12-13,17,19H,3,8-11H2,1-2H3,(H,20,21). The summed E-state index contributed by atoms with van der Waals surface area (Å²) in [4.78, 5) is 12.2. The third-order valence-corrected chi connectivity index (χ3v) is 4.41. The van der Waals surface area contributed by atoms with Crippen LogP contribution in [0.4, 0.5) is 0 Å². The highest BCUT2D eigenvalue weighted by molar-refractivity contribution is 6.30. The average Bonchev–Trinajstić information content (AvgIpc) is 2.97. The molecular formula is C17H25ClN2O. The predicted octanol–water partition coefficient (Wildman–Crippen LogP) is 3.54. The summed E-state index contributed by atoms with van der Waals surface area (Å²) in [6.45, 7) is 6.39. The SMILES string of the molecule is CC(C)C(NC(=O)CCC1CCNC1)c1ccc(Cl)cc1. The zero-order valence-corrected chi connectivity index (χ0v) is 13.6. The van der Waals surface area contributed by atoms with E-state index < -0.39 is 0 Å². The van der Waals surface area contributed by atoms with Crippen LogP contribution in [0.5, 0.6) is 0 Å². The molecule has 1 saturated heterocycles. The zero-order chi connectivity index (χ0) is 15.2. The van der Waals surface area contributed by atoms with Crippen molar-refractivity contribution in [2.75, 3.05) is 13.1 Å². The maximum atomic E-state index is 12.2. The number of hydrogen-bond acceptors (Lipinski definition) is 2. The molecule has 0 spiro atoms. The monoisotopic (exact) mass is 308 g/mol. The van der Waals surface area contributed by atoms with E-state index in [0.717, 1.165) is 30.1 Å². The Morgan fingerprint density at radius 3 is 2.67 bits per heavy atom. The largest absolute Gasteiger partial charge is 0.349 e. The van der Waals surface area contributed by atoms with Crippen LogP contribution in [-0.2, 0) is 4.79 Å². The van der Waals surface area contributed by atoms with Gasteiger partial charge in [0.2, 0.25) is 5.91 Å². The number of rotatable bonds is 6. The highest BCUT2D eigenvalue weighted by atomic mass is 35.5. The van der Waals surface area contributed by atoms with Crippen LogP contribution < -0.4 is 10.6 Å². The van der Waals surface area contributed by atoms with E-state index in [-0.39, 0.29) is 11.9 Å². The molecule has 21 heavy (non-hydrogen) atoms. The smallest absolute Gasteiger partial charge is 0.220 e. The number of carbonyl (C=O) groups is 1. The third kappa shape index (κ3) is 5.01. The number of carbonyl (C=O) groups excluding carboxylic acids is 1. The molecule has 1 aliphatic rings. The van der Waals surface area contributed by atoms with Crippen molar-refractivity contribution in [3.63, 3.8) is 0 Å². The number of hydrogen-bond donors (Lipinski definition) is 2. The molecule has 0 radical (unpaired) electrons. The summed E-state index contributed by atoms with van der Waals surface area (Å²) in [7, 11) is 0. The van der Waals surface area contributed by atoms with Crippen LogP contribution in [0.2, 0.25) is 5.02 Å². The second kappa shape index (κ2) is 7.81. The molecule has 1 aromatic rings. The van der Waals surface area contributed by atoms with Crippen LogP contribution in [0.3, 0.4) is 0 Å². The van der Waals surface area contributed by atoms with Gasteiger partial charge in [-0.15, -0.1) is 0 Å². The van der Waals surface area contributed by atoms with Gasteiger partial charge in [-0.05, 0) is 55.5 Å². The van der Waals surface area contributed by atoms with Gasteiger partial charge < -0.3 is 10.6 Å². The molecule has 0 saturated carbocycles. The van der Waals surface area contributed by atoms with Crippen molar-refractivity contribution in [1.82, 2.24) is 10.6 Å². The van der Waals surface area contributed by atoms with Gasteiger partial charge in [0.1, 0.15) is 0 Å². The summed E-state index contributed by atoms with van der Waals surface area (Å²) in [6.07, 6.45) is 2.78. The predicted molar refractivity (Wildman–Crippen MR) is 87.4 cm³/mol. The van der Waals surface area contributed by atoms with E-state index in [1.54, 1.807) is 0 Å². The van der Waals surface area contributed by atoms with Gasteiger partial charge in [-0.2, -0.15) is 0 Å². The third-order valence-electron chi connectivity index (χ3n) is 4.15. The molecule has 3 nitrogen and oxygen atoms in total. The first-order chi connectivity index (χ1) is 10.1. The number of amides is 1. The number of benzene rings is 1. The second-order valence-corrected chi connectivity index (χ2v) is 6.67. The molecule has 1 amide bonds. The van der Waals surface area contributed by atoms with E-state index in [1.807, 2.05) is 24.3 Å². The first-order valence-electron chi connectivity index (χ1n) is 7.82. The van der Waals surface area contributed by atoms with Gasteiger partial charge in [-0.1, -0.05) is 37.6 Å². The fourth-order valence-electron chi connectivity index (χ4n) is 2.85. The quantitative estimate of drug-likeness (QED) is 0.844. The van der Waals surface area contributed by atoms with Crippen molar-refractivity contribution in [3.05, 3.63) is 34.9 Å². The Kier molecular flexibility index (Phi) is 6.07. The zero-order valence-electron chi connectivity index (χ0n) is 12.9. The van der Waals surface area contributed by atoms with E-state index in [4.69, 9.17) is 11.6 Å². The van der Waals surface area contributed by atoms with Crippen molar-refractivity contribution in [3.8, 4) is 0 Å². The van der Waals surface area contributed by atoms with Crippen LogP contribution in [0.15, 0.2) is 24.3 Å². The molecule has 0 aliphatic carbocycles.